The average Bonchev–Trinajstić information content (AvgIpc) is 3.61. The lowest BCUT2D eigenvalue weighted by Gasteiger charge is -2.22. The summed E-state index contributed by atoms with van der Waals surface area (Å²) in [6.45, 7) is 2.41. The van der Waals surface area contributed by atoms with Gasteiger partial charge in [-0.25, -0.2) is 0 Å². The normalized spacial score (nSPS) is 15.8. The molecule has 1 fully saturated rings. The summed E-state index contributed by atoms with van der Waals surface area (Å²) in [6, 6.07) is 26.3. The zero-order valence-electron chi connectivity index (χ0n) is 24.1. The zero-order chi connectivity index (χ0) is 32.4. The molecule has 1 unspecified atom stereocenters. The number of halogens is 3. The highest BCUT2D eigenvalue weighted by molar-refractivity contribution is 9.10. The lowest BCUT2D eigenvalue weighted by molar-refractivity contribution is -0.132. The Labute approximate surface area is 292 Å². The van der Waals surface area contributed by atoms with Gasteiger partial charge in [0.15, 0.2) is 4.34 Å². The number of anilines is 1. The summed E-state index contributed by atoms with van der Waals surface area (Å²) in [4.78, 5) is 28.5. The number of benzene rings is 4. The second-order valence-electron chi connectivity index (χ2n) is 10.3. The molecule has 0 radical (unpaired) electrons. The lowest BCUT2D eigenvalue weighted by atomic mass is 9.95. The van der Waals surface area contributed by atoms with E-state index in [9.17, 15) is 14.7 Å². The molecule has 5 aromatic rings. The number of amides is 1. The lowest BCUT2D eigenvalue weighted by Crippen LogP contribution is -2.29. The Morgan fingerprint density at radius 2 is 1.76 bits per heavy atom. The molecule has 2 heterocycles. The van der Waals surface area contributed by atoms with Crippen LogP contribution in [0, 0.1) is 6.92 Å². The van der Waals surface area contributed by atoms with Gasteiger partial charge in [-0.1, -0.05) is 105 Å². The number of aliphatic hydroxyl groups is 1. The van der Waals surface area contributed by atoms with Crippen molar-refractivity contribution in [3.8, 4) is 5.75 Å². The SMILES string of the molecule is Cc1ccccc1COc1ccc(/C(O)=C2\C(=O)C(=O)N(c3nnc(SCc4ccc(Cl)cc4Cl)s3)C2c2cccc(Br)c2)cc1. The highest BCUT2D eigenvalue weighted by Crippen LogP contribution is 2.44. The van der Waals surface area contributed by atoms with Gasteiger partial charge in [-0.2, -0.15) is 0 Å². The van der Waals surface area contributed by atoms with E-state index in [1.54, 1.807) is 54.6 Å². The number of aromatic nitrogens is 2. The topological polar surface area (TPSA) is 92.6 Å². The number of rotatable bonds is 9. The molecule has 12 heteroatoms. The maximum atomic E-state index is 13.6. The number of hydrogen-bond donors (Lipinski definition) is 1. The molecule has 232 valence electrons. The largest absolute Gasteiger partial charge is 0.507 e. The maximum absolute atomic E-state index is 13.6. The molecule has 1 aromatic heterocycles. The molecule has 4 aromatic carbocycles. The number of carbonyl (C=O) groups is 2. The number of carbonyl (C=O) groups excluding carboxylic acids is 2. The number of aliphatic hydroxyl groups excluding tert-OH is 1. The minimum absolute atomic E-state index is 0.0472. The van der Waals surface area contributed by atoms with Crippen molar-refractivity contribution < 1.29 is 19.4 Å². The molecule has 6 rings (SSSR count). The van der Waals surface area contributed by atoms with E-state index in [0.29, 0.717) is 43.6 Å². The Bertz CT molecular complexity index is 1980. The van der Waals surface area contributed by atoms with Crippen LogP contribution in [0.2, 0.25) is 10.0 Å². The first-order valence-corrected chi connectivity index (χ1v) is 17.3. The van der Waals surface area contributed by atoms with Gasteiger partial charge in [-0.3, -0.25) is 14.5 Å². The van der Waals surface area contributed by atoms with Crippen LogP contribution < -0.4 is 9.64 Å². The van der Waals surface area contributed by atoms with Crippen molar-refractivity contribution in [1.82, 2.24) is 10.2 Å². The molecule has 1 N–H and O–H groups in total. The fourth-order valence-corrected chi connectivity index (χ4v) is 7.80. The van der Waals surface area contributed by atoms with Crippen LogP contribution in [0.3, 0.4) is 0 Å². The van der Waals surface area contributed by atoms with Gasteiger partial charge in [0.05, 0.1) is 11.6 Å². The van der Waals surface area contributed by atoms with Crippen LogP contribution in [0.5, 0.6) is 5.75 Å². The van der Waals surface area contributed by atoms with E-state index in [2.05, 4.69) is 26.1 Å². The van der Waals surface area contributed by atoms with Gasteiger partial charge in [0.1, 0.15) is 18.1 Å². The Morgan fingerprint density at radius 3 is 2.50 bits per heavy atom. The van der Waals surface area contributed by atoms with Gasteiger partial charge in [0, 0.05) is 25.8 Å². The Kier molecular flexibility index (Phi) is 9.81. The minimum Gasteiger partial charge on any atom is -0.507 e. The van der Waals surface area contributed by atoms with Gasteiger partial charge in [0.2, 0.25) is 5.13 Å². The van der Waals surface area contributed by atoms with Gasteiger partial charge in [-0.05, 0) is 77.7 Å². The fraction of sp³-hybridized carbons (Fsp3) is 0.118. The molecule has 0 saturated carbocycles. The summed E-state index contributed by atoms with van der Waals surface area (Å²) in [5, 5.41) is 21.4. The van der Waals surface area contributed by atoms with Crippen molar-refractivity contribution in [2.24, 2.45) is 0 Å². The number of aryl methyl sites for hydroxylation is 1. The molecular weight excluding hydrogens is 729 g/mol. The van der Waals surface area contributed by atoms with Crippen molar-refractivity contribution in [3.05, 3.63) is 139 Å². The summed E-state index contributed by atoms with van der Waals surface area (Å²) in [7, 11) is 0. The highest BCUT2D eigenvalue weighted by atomic mass is 79.9. The second kappa shape index (κ2) is 14.0. The quantitative estimate of drug-likeness (QED) is 0.0527. The molecular formula is C34H24BrCl2N3O4S2. The van der Waals surface area contributed by atoms with E-state index in [1.165, 1.54) is 28.0 Å². The van der Waals surface area contributed by atoms with E-state index in [0.717, 1.165) is 21.2 Å². The third-order valence-electron chi connectivity index (χ3n) is 7.36. The van der Waals surface area contributed by atoms with Gasteiger partial charge in [-0.15, -0.1) is 10.2 Å². The van der Waals surface area contributed by atoms with E-state index < -0.39 is 17.7 Å². The fourth-order valence-electron chi connectivity index (χ4n) is 4.96. The standard InChI is InChI=1S/C34H24BrCl2N3O4S2/c1-19-5-2-3-6-22(19)17-44-26-13-10-20(11-14-26)30(41)28-29(21-7-4-8-24(35)15-21)40(32(43)31(28)42)33-38-39-34(46-33)45-18-23-9-12-25(36)16-27(23)37/h2-16,29,41H,17-18H2,1H3/b30-28+. The van der Waals surface area contributed by atoms with Crippen LogP contribution in [-0.2, 0) is 21.9 Å². The third-order valence-corrected chi connectivity index (χ3v) is 10.5. The van der Waals surface area contributed by atoms with Crippen molar-refractivity contribution >= 4 is 84.8 Å². The number of thioether (sulfide) groups is 1. The summed E-state index contributed by atoms with van der Waals surface area (Å²) < 4.78 is 7.28. The molecule has 0 aliphatic carbocycles. The van der Waals surface area contributed by atoms with Gasteiger partial charge >= 0.3 is 5.91 Å². The van der Waals surface area contributed by atoms with Crippen molar-refractivity contribution in [3.63, 3.8) is 0 Å². The zero-order valence-corrected chi connectivity index (χ0v) is 28.8. The molecule has 46 heavy (non-hydrogen) atoms. The van der Waals surface area contributed by atoms with Crippen molar-refractivity contribution in [2.45, 2.75) is 29.7 Å². The molecule has 0 spiro atoms. The first kappa shape index (κ1) is 32.3. The monoisotopic (exact) mass is 751 g/mol. The van der Waals surface area contributed by atoms with Crippen molar-refractivity contribution in [1.29, 1.82) is 0 Å². The number of ether oxygens (including phenoxy) is 1. The van der Waals surface area contributed by atoms with Crippen molar-refractivity contribution in [2.75, 3.05) is 4.90 Å². The molecule has 1 amide bonds. The van der Waals surface area contributed by atoms with E-state index >= 15 is 0 Å². The first-order chi connectivity index (χ1) is 22.2. The van der Waals surface area contributed by atoms with Crippen LogP contribution in [0.25, 0.3) is 5.76 Å². The van der Waals surface area contributed by atoms with Gasteiger partial charge in [0.25, 0.3) is 5.78 Å². The van der Waals surface area contributed by atoms with Crippen LogP contribution in [0.15, 0.2) is 105 Å². The maximum Gasteiger partial charge on any atom is 0.301 e. The average molecular weight is 754 g/mol. The Balaban J connectivity index is 1.30. The Hall–Kier alpha value is -3.67. The number of nitrogens with zero attached hydrogens (tertiary/aromatic N) is 3. The summed E-state index contributed by atoms with van der Waals surface area (Å²) in [6.07, 6.45) is 0. The summed E-state index contributed by atoms with van der Waals surface area (Å²) >= 11 is 18.4. The predicted molar refractivity (Wildman–Crippen MR) is 187 cm³/mol. The minimum atomic E-state index is -0.939. The third kappa shape index (κ3) is 6.86. The van der Waals surface area contributed by atoms with Crippen LogP contribution in [0.1, 0.15) is 33.9 Å². The van der Waals surface area contributed by atoms with E-state index in [-0.39, 0.29) is 16.5 Å². The number of Topliss-reactive ketones (excluding diaryl/α,β-unsaturated/α-hetero) is 1. The number of hydrogen-bond acceptors (Lipinski definition) is 8. The highest BCUT2D eigenvalue weighted by Gasteiger charge is 2.48. The Morgan fingerprint density at radius 1 is 0.978 bits per heavy atom. The second-order valence-corrected chi connectivity index (χ2v) is 14.3. The summed E-state index contributed by atoms with van der Waals surface area (Å²) in [5.41, 5.74) is 4.00. The van der Waals surface area contributed by atoms with Crippen LogP contribution in [0.4, 0.5) is 5.13 Å². The molecule has 1 saturated heterocycles. The van der Waals surface area contributed by atoms with Crippen LogP contribution in [-0.4, -0.2) is 27.0 Å². The van der Waals surface area contributed by atoms with E-state index in [4.69, 9.17) is 27.9 Å². The smallest absolute Gasteiger partial charge is 0.301 e. The predicted octanol–water partition coefficient (Wildman–Crippen LogP) is 9.41. The number of ketones is 1. The molecule has 1 aliphatic heterocycles. The van der Waals surface area contributed by atoms with Gasteiger partial charge < -0.3 is 9.84 Å². The molecule has 7 nitrogen and oxygen atoms in total. The van der Waals surface area contributed by atoms with Crippen LogP contribution >= 0.6 is 62.2 Å². The molecule has 1 atom stereocenters. The molecule has 0 bridgehead atoms. The summed E-state index contributed by atoms with van der Waals surface area (Å²) in [5.74, 6) is -0.823. The van der Waals surface area contributed by atoms with E-state index in [1.807, 2.05) is 43.3 Å². The first-order valence-electron chi connectivity index (χ1n) is 13.9. The molecule has 1 aliphatic rings.